The zero-order chi connectivity index (χ0) is 21.6. The molecule has 0 bridgehead atoms. The SMILES string of the molecule is O=C(OCC(=O)c1ccc(OC(F)F)cc1OC(F)F)c1ccc([N+](=O)[O-])cc1. The number of hydrogen-bond acceptors (Lipinski definition) is 7. The lowest BCUT2D eigenvalue weighted by Crippen LogP contribution is -2.16. The molecule has 0 saturated carbocycles. The van der Waals surface area contributed by atoms with Crippen LogP contribution in [0.25, 0.3) is 0 Å². The zero-order valence-electron chi connectivity index (χ0n) is 14.2. The molecule has 0 amide bonds. The molecule has 8 nitrogen and oxygen atoms in total. The van der Waals surface area contributed by atoms with Crippen LogP contribution < -0.4 is 9.47 Å². The van der Waals surface area contributed by atoms with E-state index in [9.17, 15) is 37.3 Å². The van der Waals surface area contributed by atoms with Gasteiger partial charge in [-0.25, -0.2) is 4.79 Å². The van der Waals surface area contributed by atoms with Crippen LogP contribution in [0.1, 0.15) is 20.7 Å². The Balaban J connectivity index is 2.10. The van der Waals surface area contributed by atoms with Crippen molar-refractivity contribution in [3.63, 3.8) is 0 Å². The number of ketones is 1. The normalized spacial score (nSPS) is 10.7. The fourth-order valence-electron chi connectivity index (χ4n) is 2.11. The molecule has 29 heavy (non-hydrogen) atoms. The molecule has 0 fully saturated rings. The Morgan fingerprint density at radius 3 is 2.14 bits per heavy atom. The fourth-order valence-corrected chi connectivity index (χ4v) is 2.11. The number of nitro groups is 1. The molecule has 0 aliphatic heterocycles. The average molecular weight is 417 g/mol. The first kappa shape index (κ1) is 21.6. The van der Waals surface area contributed by atoms with Crippen molar-refractivity contribution in [2.75, 3.05) is 6.61 Å². The van der Waals surface area contributed by atoms with E-state index in [4.69, 9.17) is 4.74 Å². The van der Waals surface area contributed by atoms with Crippen LogP contribution in [0.2, 0.25) is 0 Å². The van der Waals surface area contributed by atoms with E-state index in [1.54, 1.807) is 0 Å². The van der Waals surface area contributed by atoms with Gasteiger partial charge in [-0.3, -0.25) is 14.9 Å². The maximum atomic E-state index is 12.5. The molecule has 0 spiro atoms. The van der Waals surface area contributed by atoms with E-state index in [1.165, 1.54) is 0 Å². The van der Waals surface area contributed by atoms with Gasteiger partial charge in [-0.2, -0.15) is 17.6 Å². The van der Waals surface area contributed by atoms with Crippen LogP contribution in [-0.4, -0.2) is 36.5 Å². The molecule has 0 saturated heterocycles. The fraction of sp³-hybridized carbons (Fsp3) is 0.176. The molecule has 2 rings (SSSR count). The Hall–Kier alpha value is -3.70. The van der Waals surface area contributed by atoms with E-state index in [0.717, 1.165) is 36.4 Å². The van der Waals surface area contributed by atoms with Gasteiger partial charge in [-0.1, -0.05) is 0 Å². The van der Waals surface area contributed by atoms with Gasteiger partial charge in [0.25, 0.3) is 5.69 Å². The van der Waals surface area contributed by atoms with E-state index in [2.05, 4.69) is 9.47 Å². The number of esters is 1. The molecular weight excluding hydrogens is 406 g/mol. The first-order valence-corrected chi connectivity index (χ1v) is 7.66. The number of benzene rings is 2. The minimum atomic E-state index is -3.36. The first-order valence-electron chi connectivity index (χ1n) is 7.66. The molecule has 0 N–H and O–H groups in total. The molecular formula is C17H11F4NO7. The number of carbonyl (C=O) groups excluding carboxylic acids is 2. The van der Waals surface area contributed by atoms with Gasteiger partial charge in [0.05, 0.1) is 16.1 Å². The molecule has 0 radical (unpaired) electrons. The lowest BCUT2D eigenvalue weighted by Gasteiger charge is -2.12. The van der Waals surface area contributed by atoms with Gasteiger partial charge in [-0.05, 0) is 24.3 Å². The monoisotopic (exact) mass is 417 g/mol. The van der Waals surface area contributed by atoms with E-state index in [0.29, 0.717) is 6.07 Å². The van der Waals surface area contributed by atoms with Crippen LogP contribution in [0.5, 0.6) is 11.5 Å². The van der Waals surface area contributed by atoms with Crippen LogP contribution in [0.15, 0.2) is 42.5 Å². The Kier molecular flexibility index (Phi) is 7.06. The Labute approximate surface area is 159 Å². The third-order valence-electron chi connectivity index (χ3n) is 3.34. The van der Waals surface area contributed by atoms with Crippen molar-refractivity contribution in [3.05, 3.63) is 63.7 Å². The number of rotatable bonds is 9. The van der Waals surface area contributed by atoms with Crippen molar-refractivity contribution >= 4 is 17.4 Å². The Morgan fingerprint density at radius 2 is 1.59 bits per heavy atom. The second-order valence-electron chi connectivity index (χ2n) is 5.22. The summed E-state index contributed by atoms with van der Waals surface area (Å²) in [7, 11) is 0. The molecule has 0 aromatic heterocycles. The standard InChI is InChI=1S/C17H11F4NO7/c18-16(19)28-11-5-6-12(14(7-11)29-17(20)21)13(23)8-27-15(24)9-1-3-10(4-2-9)22(25)26/h1-7,16-17H,8H2. The van der Waals surface area contributed by atoms with Crippen LogP contribution in [0, 0.1) is 10.1 Å². The molecule has 0 heterocycles. The van der Waals surface area contributed by atoms with Gasteiger partial charge in [0, 0.05) is 18.2 Å². The molecule has 0 atom stereocenters. The number of carbonyl (C=O) groups is 2. The molecule has 0 aliphatic rings. The van der Waals surface area contributed by atoms with E-state index in [-0.39, 0.29) is 11.3 Å². The lowest BCUT2D eigenvalue weighted by molar-refractivity contribution is -0.384. The molecule has 2 aromatic carbocycles. The van der Waals surface area contributed by atoms with Crippen molar-refractivity contribution in [2.45, 2.75) is 13.2 Å². The van der Waals surface area contributed by atoms with Crippen molar-refractivity contribution in [1.82, 2.24) is 0 Å². The van der Waals surface area contributed by atoms with Gasteiger partial charge < -0.3 is 14.2 Å². The lowest BCUT2D eigenvalue weighted by atomic mass is 10.1. The van der Waals surface area contributed by atoms with E-state index in [1.807, 2.05) is 0 Å². The van der Waals surface area contributed by atoms with Crippen LogP contribution in [-0.2, 0) is 4.74 Å². The highest BCUT2D eigenvalue weighted by Gasteiger charge is 2.20. The summed E-state index contributed by atoms with van der Waals surface area (Å²) in [5.41, 5.74) is -0.811. The number of halogens is 4. The summed E-state index contributed by atoms with van der Waals surface area (Å²) >= 11 is 0. The summed E-state index contributed by atoms with van der Waals surface area (Å²) in [6.07, 6.45) is 0. The second kappa shape index (κ2) is 9.48. The highest BCUT2D eigenvalue weighted by atomic mass is 19.3. The highest BCUT2D eigenvalue weighted by molar-refractivity contribution is 6.01. The predicted molar refractivity (Wildman–Crippen MR) is 87.4 cm³/mol. The van der Waals surface area contributed by atoms with Crippen LogP contribution >= 0.6 is 0 Å². The van der Waals surface area contributed by atoms with E-state index >= 15 is 0 Å². The zero-order valence-corrected chi connectivity index (χ0v) is 14.2. The van der Waals surface area contributed by atoms with Gasteiger partial charge in [0.15, 0.2) is 6.61 Å². The van der Waals surface area contributed by atoms with Crippen molar-refractivity contribution in [1.29, 1.82) is 0 Å². The minimum absolute atomic E-state index is 0.0897. The summed E-state index contributed by atoms with van der Waals surface area (Å²) in [4.78, 5) is 34.0. The number of ether oxygens (including phenoxy) is 3. The van der Waals surface area contributed by atoms with Crippen molar-refractivity contribution in [3.8, 4) is 11.5 Å². The third kappa shape index (κ3) is 6.16. The number of nitro benzene ring substituents is 1. The molecule has 12 heteroatoms. The van der Waals surface area contributed by atoms with Gasteiger partial charge >= 0.3 is 19.2 Å². The summed E-state index contributed by atoms with van der Waals surface area (Å²) in [6.45, 7) is -7.46. The van der Waals surface area contributed by atoms with Crippen molar-refractivity contribution in [2.24, 2.45) is 0 Å². The quantitative estimate of drug-likeness (QED) is 0.201. The Bertz CT molecular complexity index is 903. The topological polar surface area (TPSA) is 105 Å². The molecule has 0 aliphatic carbocycles. The van der Waals surface area contributed by atoms with Gasteiger partial charge in [-0.15, -0.1) is 0 Å². The number of hydrogen-bond donors (Lipinski definition) is 0. The maximum absolute atomic E-state index is 12.5. The minimum Gasteiger partial charge on any atom is -0.454 e. The summed E-state index contributed by atoms with van der Waals surface area (Å²) in [5, 5.41) is 10.6. The summed E-state index contributed by atoms with van der Waals surface area (Å²) in [5.74, 6) is -3.22. The summed E-state index contributed by atoms with van der Waals surface area (Å²) in [6, 6.07) is 6.81. The largest absolute Gasteiger partial charge is 0.454 e. The molecule has 0 unspecified atom stereocenters. The number of nitrogens with zero attached hydrogens (tertiary/aromatic N) is 1. The molecule has 154 valence electrons. The summed E-state index contributed by atoms with van der Waals surface area (Å²) < 4.78 is 62.5. The Morgan fingerprint density at radius 1 is 0.966 bits per heavy atom. The second-order valence-corrected chi connectivity index (χ2v) is 5.22. The van der Waals surface area contributed by atoms with Gasteiger partial charge in [0.1, 0.15) is 11.5 Å². The van der Waals surface area contributed by atoms with Gasteiger partial charge in [0.2, 0.25) is 5.78 Å². The highest BCUT2D eigenvalue weighted by Crippen LogP contribution is 2.28. The molecule has 2 aromatic rings. The van der Waals surface area contributed by atoms with E-state index < -0.39 is 53.6 Å². The number of alkyl halides is 4. The predicted octanol–water partition coefficient (Wildman–Crippen LogP) is 3.84. The van der Waals surface area contributed by atoms with Crippen LogP contribution in [0.4, 0.5) is 23.2 Å². The number of Topliss-reactive ketones (excluding diaryl/α,β-unsaturated/α-hetero) is 1. The van der Waals surface area contributed by atoms with Crippen LogP contribution in [0.3, 0.4) is 0 Å². The average Bonchev–Trinajstić information content (AvgIpc) is 2.65. The maximum Gasteiger partial charge on any atom is 0.387 e. The third-order valence-corrected chi connectivity index (χ3v) is 3.34. The first-order chi connectivity index (χ1) is 13.7. The smallest absolute Gasteiger partial charge is 0.387 e. The number of non-ortho nitro benzene ring substituents is 1. The van der Waals surface area contributed by atoms with Crippen molar-refractivity contribution < 1.29 is 46.3 Å².